The number of fused-ring (bicyclic) bond motifs is 1. The Kier molecular flexibility index (Phi) is 1.19. The Morgan fingerprint density at radius 1 is 1.50 bits per heavy atom. The highest BCUT2D eigenvalue weighted by atomic mass is 16.5. The largest absolute Gasteiger partial charge is 0.377 e. The number of allylic oxidation sites excluding steroid dienone is 1. The Balaban J connectivity index is 2.17. The molecule has 1 fully saturated rings. The standard InChI is InChI=1S/C9H14O/c1-7-8-5-3-4-6-9(7,8)10-2/h3-4,7-8H,5-6H2,1-2H3/t7-,8?,9+/m0/s1. The molecule has 0 heterocycles. The summed E-state index contributed by atoms with van der Waals surface area (Å²) in [5.74, 6) is 1.61. The van der Waals surface area contributed by atoms with Gasteiger partial charge in [-0.2, -0.15) is 0 Å². The minimum absolute atomic E-state index is 0.259. The molecule has 0 aromatic heterocycles. The second-order valence-corrected chi connectivity index (χ2v) is 3.47. The minimum Gasteiger partial charge on any atom is -0.377 e. The molecule has 56 valence electrons. The molecular formula is C9H14O. The third-order valence-corrected chi connectivity index (χ3v) is 3.27. The second kappa shape index (κ2) is 1.85. The zero-order valence-electron chi connectivity index (χ0n) is 6.63. The van der Waals surface area contributed by atoms with Crippen molar-refractivity contribution in [1.82, 2.24) is 0 Å². The molecule has 0 N–H and O–H groups in total. The molecule has 0 aromatic rings. The first-order valence-corrected chi connectivity index (χ1v) is 4.01. The zero-order chi connectivity index (χ0) is 7.19. The average molecular weight is 138 g/mol. The van der Waals surface area contributed by atoms with E-state index < -0.39 is 0 Å². The van der Waals surface area contributed by atoms with Crippen molar-refractivity contribution in [1.29, 1.82) is 0 Å². The molecule has 0 aliphatic heterocycles. The summed E-state index contributed by atoms with van der Waals surface area (Å²) < 4.78 is 5.51. The maximum atomic E-state index is 5.51. The van der Waals surface area contributed by atoms with Gasteiger partial charge in [-0.1, -0.05) is 19.1 Å². The fraction of sp³-hybridized carbons (Fsp3) is 0.778. The lowest BCUT2D eigenvalue weighted by Crippen LogP contribution is -2.17. The van der Waals surface area contributed by atoms with Gasteiger partial charge < -0.3 is 4.74 Å². The summed E-state index contributed by atoms with van der Waals surface area (Å²) in [7, 11) is 1.84. The van der Waals surface area contributed by atoms with E-state index in [1.165, 1.54) is 6.42 Å². The first kappa shape index (κ1) is 6.41. The van der Waals surface area contributed by atoms with Gasteiger partial charge in [0.2, 0.25) is 0 Å². The summed E-state index contributed by atoms with van der Waals surface area (Å²) in [5.41, 5.74) is 0.259. The molecule has 0 aromatic carbocycles. The SMILES string of the molecule is CO[C@@]12CC=CCC1[C@@H]2C. The van der Waals surface area contributed by atoms with Crippen LogP contribution in [0.5, 0.6) is 0 Å². The van der Waals surface area contributed by atoms with Crippen molar-refractivity contribution in [3.05, 3.63) is 12.2 Å². The molecule has 1 saturated carbocycles. The van der Waals surface area contributed by atoms with Crippen LogP contribution >= 0.6 is 0 Å². The van der Waals surface area contributed by atoms with Crippen LogP contribution in [0.25, 0.3) is 0 Å². The van der Waals surface area contributed by atoms with Gasteiger partial charge in [0.05, 0.1) is 5.60 Å². The van der Waals surface area contributed by atoms with E-state index >= 15 is 0 Å². The minimum atomic E-state index is 0.259. The maximum Gasteiger partial charge on any atom is 0.0776 e. The molecule has 1 heteroatoms. The van der Waals surface area contributed by atoms with E-state index in [-0.39, 0.29) is 5.60 Å². The van der Waals surface area contributed by atoms with E-state index in [1.807, 2.05) is 7.11 Å². The van der Waals surface area contributed by atoms with E-state index in [1.54, 1.807) is 0 Å². The van der Waals surface area contributed by atoms with Gasteiger partial charge in [0.1, 0.15) is 0 Å². The molecule has 1 unspecified atom stereocenters. The third-order valence-electron chi connectivity index (χ3n) is 3.27. The van der Waals surface area contributed by atoms with Crippen LogP contribution in [-0.2, 0) is 4.74 Å². The topological polar surface area (TPSA) is 9.23 Å². The smallest absolute Gasteiger partial charge is 0.0776 e. The van der Waals surface area contributed by atoms with Crippen LogP contribution < -0.4 is 0 Å². The summed E-state index contributed by atoms with van der Waals surface area (Å²) >= 11 is 0. The molecule has 2 aliphatic carbocycles. The van der Waals surface area contributed by atoms with Crippen molar-refractivity contribution in [3.8, 4) is 0 Å². The first-order valence-electron chi connectivity index (χ1n) is 4.01. The van der Waals surface area contributed by atoms with E-state index in [9.17, 15) is 0 Å². The second-order valence-electron chi connectivity index (χ2n) is 3.47. The van der Waals surface area contributed by atoms with Crippen LogP contribution in [0.15, 0.2) is 12.2 Å². The van der Waals surface area contributed by atoms with Gasteiger partial charge in [0.25, 0.3) is 0 Å². The summed E-state index contributed by atoms with van der Waals surface area (Å²) in [4.78, 5) is 0. The van der Waals surface area contributed by atoms with Crippen molar-refractivity contribution in [2.45, 2.75) is 25.4 Å². The Hall–Kier alpha value is -0.300. The van der Waals surface area contributed by atoms with E-state index in [0.29, 0.717) is 0 Å². The Labute approximate surface area is 62.1 Å². The van der Waals surface area contributed by atoms with Crippen molar-refractivity contribution >= 4 is 0 Å². The van der Waals surface area contributed by atoms with Gasteiger partial charge in [-0.05, 0) is 24.7 Å². The molecule has 2 rings (SSSR count). The number of methoxy groups -OCH3 is 1. The third kappa shape index (κ3) is 0.567. The van der Waals surface area contributed by atoms with Gasteiger partial charge in [-0.25, -0.2) is 0 Å². The molecule has 0 saturated heterocycles. The fourth-order valence-electron chi connectivity index (χ4n) is 2.36. The number of ether oxygens (including phenoxy) is 1. The summed E-state index contributed by atoms with van der Waals surface area (Å²) in [5, 5.41) is 0. The number of rotatable bonds is 1. The van der Waals surface area contributed by atoms with Gasteiger partial charge in [-0.15, -0.1) is 0 Å². The van der Waals surface area contributed by atoms with Crippen molar-refractivity contribution in [2.24, 2.45) is 11.8 Å². The van der Waals surface area contributed by atoms with E-state index in [0.717, 1.165) is 18.3 Å². The lowest BCUT2D eigenvalue weighted by molar-refractivity contribution is 0.0566. The van der Waals surface area contributed by atoms with Gasteiger partial charge in [-0.3, -0.25) is 0 Å². The van der Waals surface area contributed by atoms with Crippen molar-refractivity contribution in [3.63, 3.8) is 0 Å². The fourth-order valence-corrected chi connectivity index (χ4v) is 2.36. The summed E-state index contributed by atoms with van der Waals surface area (Å²) in [6.45, 7) is 2.29. The molecule has 1 nitrogen and oxygen atoms in total. The Bertz CT molecular complexity index is 174. The quantitative estimate of drug-likeness (QED) is 0.503. The van der Waals surface area contributed by atoms with Crippen molar-refractivity contribution in [2.75, 3.05) is 7.11 Å². The molecule has 2 aliphatic rings. The van der Waals surface area contributed by atoms with Gasteiger partial charge in [0, 0.05) is 7.11 Å². The van der Waals surface area contributed by atoms with E-state index in [2.05, 4.69) is 19.1 Å². The highest BCUT2D eigenvalue weighted by molar-refractivity contribution is 5.19. The van der Waals surface area contributed by atoms with Crippen LogP contribution in [0.3, 0.4) is 0 Å². The highest BCUT2D eigenvalue weighted by Crippen LogP contribution is 2.59. The van der Waals surface area contributed by atoms with Gasteiger partial charge >= 0.3 is 0 Å². The normalized spacial score (nSPS) is 50.6. The first-order chi connectivity index (χ1) is 4.81. The predicted octanol–water partition coefficient (Wildman–Crippen LogP) is 1.99. The molecule has 0 bridgehead atoms. The zero-order valence-corrected chi connectivity index (χ0v) is 6.63. The molecule has 0 radical (unpaired) electrons. The van der Waals surface area contributed by atoms with Crippen LogP contribution in [0.4, 0.5) is 0 Å². The lowest BCUT2D eigenvalue weighted by Gasteiger charge is -2.16. The molecule has 0 amide bonds. The number of hydrogen-bond donors (Lipinski definition) is 0. The summed E-state index contributed by atoms with van der Waals surface area (Å²) in [6, 6.07) is 0. The van der Waals surface area contributed by atoms with Crippen LogP contribution in [0, 0.1) is 11.8 Å². The summed E-state index contributed by atoms with van der Waals surface area (Å²) in [6.07, 6.45) is 6.90. The average Bonchev–Trinajstić information content (AvgIpc) is 2.60. The van der Waals surface area contributed by atoms with Crippen molar-refractivity contribution < 1.29 is 4.74 Å². The Morgan fingerprint density at radius 2 is 2.30 bits per heavy atom. The van der Waals surface area contributed by atoms with Crippen LogP contribution in [0.1, 0.15) is 19.8 Å². The predicted molar refractivity (Wildman–Crippen MR) is 40.8 cm³/mol. The van der Waals surface area contributed by atoms with Crippen LogP contribution in [0.2, 0.25) is 0 Å². The lowest BCUT2D eigenvalue weighted by atomic mass is 10.1. The monoisotopic (exact) mass is 138 g/mol. The molecule has 0 spiro atoms. The highest BCUT2D eigenvalue weighted by Gasteiger charge is 2.61. The Morgan fingerprint density at radius 3 is 2.80 bits per heavy atom. The molecule has 3 atom stereocenters. The van der Waals surface area contributed by atoms with Gasteiger partial charge in [0.15, 0.2) is 0 Å². The number of hydrogen-bond acceptors (Lipinski definition) is 1. The van der Waals surface area contributed by atoms with E-state index in [4.69, 9.17) is 4.74 Å². The molecule has 10 heavy (non-hydrogen) atoms. The molecular weight excluding hydrogens is 124 g/mol. The maximum absolute atomic E-state index is 5.51. The van der Waals surface area contributed by atoms with Crippen LogP contribution in [-0.4, -0.2) is 12.7 Å².